The minimum absolute atomic E-state index is 0.519. The van der Waals surface area contributed by atoms with Gasteiger partial charge in [0.1, 0.15) is 0 Å². The summed E-state index contributed by atoms with van der Waals surface area (Å²) >= 11 is 0. The lowest BCUT2D eigenvalue weighted by Crippen LogP contribution is -2.31. The van der Waals surface area contributed by atoms with Crippen LogP contribution in [-0.2, 0) is 0 Å². The summed E-state index contributed by atoms with van der Waals surface area (Å²) in [7, 11) is 0. The Labute approximate surface area is 72.3 Å². The van der Waals surface area contributed by atoms with Gasteiger partial charge in [-0.15, -0.1) is 0 Å². The van der Waals surface area contributed by atoms with Gasteiger partial charge in [-0.2, -0.15) is 5.26 Å². The molecule has 0 saturated carbocycles. The van der Waals surface area contributed by atoms with Crippen LogP contribution in [0, 0.1) is 11.3 Å². The number of nitriles is 1. The lowest BCUT2D eigenvalue weighted by atomic mass is 10.3. The quantitative estimate of drug-likeness (QED) is 0.639. The van der Waals surface area contributed by atoms with E-state index in [9.17, 15) is 4.79 Å². The molecule has 0 aromatic rings. The van der Waals surface area contributed by atoms with Crippen LogP contribution in [0.15, 0.2) is 12.3 Å². The third-order valence-electron chi connectivity index (χ3n) is 1.36. The molecule has 0 aromatic carbocycles. The fourth-order valence-electron chi connectivity index (χ4n) is 0.710. The molecule has 0 atom stereocenters. The van der Waals surface area contributed by atoms with Gasteiger partial charge in [-0.3, -0.25) is 0 Å². The van der Waals surface area contributed by atoms with Crippen molar-refractivity contribution in [3.05, 3.63) is 12.3 Å². The number of hydrogen-bond donors (Lipinski definition) is 1. The number of carbonyl (C=O) groups excluding carboxylic acids is 1. The molecule has 0 fully saturated rings. The Balaban J connectivity index is 3.97. The highest BCUT2D eigenvalue weighted by molar-refractivity contribution is 5.73. The molecule has 2 N–H and O–H groups in total. The molecule has 0 heterocycles. The molecule has 4 nitrogen and oxygen atoms in total. The molecule has 0 rings (SSSR count). The Morgan fingerprint density at radius 2 is 2.42 bits per heavy atom. The number of allylic oxidation sites excluding steroid dienone is 1. The molecule has 4 heteroatoms. The molecule has 0 saturated heterocycles. The van der Waals surface area contributed by atoms with E-state index in [1.807, 2.05) is 6.92 Å². The van der Waals surface area contributed by atoms with Crippen LogP contribution >= 0.6 is 0 Å². The highest BCUT2D eigenvalue weighted by atomic mass is 16.2. The molecule has 12 heavy (non-hydrogen) atoms. The monoisotopic (exact) mass is 167 g/mol. The van der Waals surface area contributed by atoms with Gasteiger partial charge in [0.25, 0.3) is 0 Å². The van der Waals surface area contributed by atoms with E-state index in [0.29, 0.717) is 6.54 Å². The molecular weight excluding hydrogens is 154 g/mol. The van der Waals surface area contributed by atoms with Gasteiger partial charge in [0, 0.05) is 18.8 Å². The van der Waals surface area contributed by atoms with Gasteiger partial charge in [0.15, 0.2) is 0 Å². The fraction of sp³-hybridized carbons (Fsp3) is 0.500. The van der Waals surface area contributed by atoms with Crippen molar-refractivity contribution in [2.24, 2.45) is 5.73 Å². The van der Waals surface area contributed by atoms with Gasteiger partial charge in [0.2, 0.25) is 0 Å². The number of rotatable bonds is 4. The van der Waals surface area contributed by atoms with Gasteiger partial charge in [-0.1, -0.05) is 13.3 Å². The molecule has 66 valence electrons. The predicted octanol–water partition coefficient (Wildman–Crippen LogP) is 1.20. The Morgan fingerprint density at radius 1 is 1.75 bits per heavy atom. The number of nitrogens with zero attached hydrogens (tertiary/aromatic N) is 2. The van der Waals surface area contributed by atoms with Crippen molar-refractivity contribution in [2.75, 3.05) is 6.54 Å². The molecule has 0 aromatic heterocycles. The third-order valence-corrected chi connectivity index (χ3v) is 1.36. The Morgan fingerprint density at radius 3 is 2.83 bits per heavy atom. The zero-order valence-electron chi connectivity index (χ0n) is 7.16. The number of urea groups is 1. The van der Waals surface area contributed by atoms with Crippen molar-refractivity contribution in [1.29, 1.82) is 5.26 Å². The summed E-state index contributed by atoms with van der Waals surface area (Å²) in [5, 5.41) is 8.21. The smallest absolute Gasteiger partial charge is 0.318 e. The van der Waals surface area contributed by atoms with E-state index >= 15 is 0 Å². The van der Waals surface area contributed by atoms with Crippen molar-refractivity contribution in [1.82, 2.24) is 4.90 Å². The third kappa shape index (κ3) is 4.34. The van der Waals surface area contributed by atoms with Crippen molar-refractivity contribution < 1.29 is 4.79 Å². The van der Waals surface area contributed by atoms with Crippen LogP contribution in [0.5, 0.6) is 0 Å². The summed E-state index contributed by atoms with van der Waals surface area (Å²) in [4.78, 5) is 12.0. The molecule has 0 bridgehead atoms. The average molecular weight is 167 g/mol. The van der Waals surface area contributed by atoms with Crippen molar-refractivity contribution >= 4 is 6.03 Å². The molecule has 0 spiro atoms. The lowest BCUT2D eigenvalue weighted by molar-refractivity contribution is 0.224. The molecule has 0 aliphatic heterocycles. The fourth-order valence-corrected chi connectivity index (χ4v) is 0.710. The first kappa shape index (κ1) is 10.5. The second-order valence-electron chi connectivity index (χ2n) is 2.33. The highest BCUT2D eigenvalue weighted by Crippen LogP contribution is 1.95. The highest BCUT2D eigenvalue weighted by Gasteiger charge is 2.03. The summed E-state index contributed by atoms with van der Waals surface area (Å²) in [6.07, 6.45) is 4.52. The minimum Gasteiger partial charge on any atom is -0.351 e. The van der Waals surface area contributed by atoms with Crippen LogP contribution in [-0.4, -0.2) is 17.5 Å². The van der Waals surface area contributed by atoms with Crippen LogP contribution in [0.1, 0.15) is 19.8 Å². The Kier molecular flexibility index (Phi) is 5.45. The molecule has 0 radical (unpaired) electrons. The first-order valence-corrected chi connectivity index (χ1v) is 3.84. The van der Waals surface area contributed by atoms with Crippen LogP contribution in [0.3, 0.4) is 0 Å². The molecular formula is C8H13N3O. The number of primary amides is 1. The van der Waals surface area contributed by atoms with Crippen LogP contribution < -0.4 is 5.73 Å². The van der Waals surface area contributed by atoms with Gasteiger partial charge in [-0.05, 0) is 6.42 Å². The second-order valence-corrected chi connectivity index (χ2v) is 2.33. The van der Waals surface area contributed by atoms with Crippen LogP contribution in [0.25, 0.3) is 0 Å². The van der Waals surface area contributed by atoms with E-state index in [4.69, 9.17) is 11.0 Å². The summed E-state index contributed by atoms with van der Waals surface area (Å²) in [5.41, 5.74) is 5.04. The standard InChI is InChI=1S/C8H13N3O/c1-2-3-6-11(8(10)12)7-4-5-9/h4,7H,2-3,6H2,1H3,(H2,10,12). The predicted molar refractivity (Wildman–Crippen MR) is 46.0 cm³/mol. The van der Waals surface area contributed by atoms with E-state index in [0.717, 1.165) is 12.8 Å². The molecule has 0 aliphatic rings. The average Bonchev–Trinajstić information content (AvgIpc) is 2.04. The zero-order chi connectivity index (χ0) is 9.40. The largest absolute Gasteiger partial charge is 0.351 e. The number of carbonyl (C=O) groups is 1. The maximum atomic E-state index is 10.7. The van der Waals surface area contributed by atoms with Crippen LogP contribution in [0.4, 0.5) is 4.79 Å². The maximum Gasteiger partial charge on any atom is 0.318 e. The summed E-state index contributed by atoms with van der Waals surface area (Å²) in [6.45, 7) is 2.59. The lowest BCUT2D eigenvalue weighted by Gasteiger charge is -2.13. The Bertz CT molecular complexity index is 205. The van der Waals surface area contributed by atoms with Crippen LogP contribution in [0.2, 0.25) is 0 Å². The molecule has 0 unspecified atom stereocenters. The van der Waals surface area contributed by atoms with Gasteiger partial charge < -0.3 is 10.6 Å². The number of hydrogen-bond acceptors (Lipinski definition) is 2. The topological polar surface area (TPSA) is 70.1 Å². The first-order valence-electron chi connectivity index (χ1n) is 3.84. The maximum absolute atomic E-state index is 10.7. The summed E-state index contributed by atoms with van der Waals surface area (Å²) in [6, 6.07) is 1.28. The molecule has 0 aliphatic carbocycles. The van der Waals surface area contributed by atoms with E-state index < -0.39 is 6.03 Å². The first-order chi connectivity index (χ1) is 5.72. The SMILES string of the molecule is CCCCN(C=CC#N)C(N)=O. The number of unbranched alkanes of at least 4 members (excludes halogenated alkanes) is 1. The van der Waals surface area contributed by atoms with Gasteiger partial charge in [-0.25, -0.2) is 4.79 Å². The van der Waals surface area contributed by atoms with Crippen molar-refractivity contribution in [3.63, 3.8) is 0 Å². The van der Waals surface area contributed by atoms with E-state index in [1.54, 1.807) is 6.07 Å². The van der Waals surface area contributed by atoms with Gasteiger partial charge in [0.05, 0.1) is 6.07 Å². The summed E-state index contributed by atoms with van der Waals surface area (Å²) in [5.74, 6) is 0. The van der Waals surface area contributed by atoms with Gasteiger partial charge >= 0.3 is 6.03 Å². The number of amides is 2. The second kappa shape index (κ2) is 6.23. The van der Waals surface area contributed by atoms with E-state index in [-0.39, 0.29) is 0 Å². The zero-order valence-corrected chi connectivity index (χ0v) is 7.16. The van der Waals surface area contributed by atoms with Crippen molar-refractivity contribution in [2.45, 2.75) is 19.8 Å². The van der Waals surface area contributed by atoms with E-state index in [2.05, 4.69) is 0 Å². The van der Waals surface area contributed by atoms with Crippen molar-refractivity contribution in [3.8, 4) is 6.07 Å². The summed E-state index contributed by atoms with van der Waals surface area (Å²) < 4.78 is 0. The molecule has 2 amide bonds. The normalized spacial score (nSPS) is 9.67. The van der Waals surface area contributed by atoms with E-state index in [1.165, 1.54) is 17.2 Å². The minimum atomic E-state index is -0.519. The Hall–Kier alpha value is -1.50. The number of nitrogens with two attached hydrogens (primary N) is 1.